The molecule has 1 unspecified atom stereocenters. The maximum absolute atomic E-state index is 11.8. The lowest BCUT2D eigenvalue weighted by Gasteiger charge is -2.22. The van der Waals surface area contributed by atoms with Crippen LogP contribution in [0.5, 0.6) is 0 Å². The standard InChI is InChI=1S/C12H21NO4/c1-2-3-10(12(15)16)8-13-11(14)9-4-6-17-7-5-9/h9-10H,2-8H2,1H3,(H,13,14)(H,15,16). The summed E-state index contributed by atoms with van der Waals surface area (Å²) in [6.07, 6.45) is 2.88. The lowest BCUT2D eigenvalue weighted by molar-refractivity contribution is -0.142. The van der Waals surface area contributed by atoms with E-state index in [1.807, 2.05) is 6.92 Å². The number of carboxylic acid groups (broad SMARTS) is 1. The molecule has 1 rings (SSSR count). The molecule has 1 aliphatic heterocycles. The predicted molar refractivity (Wildman–Crippen MR) is 62.6 cm³/mol. The molecule has 0 aromatic rings. The smallest absolute Gasteiger partial charge is 0.308 e. The van der Waals surface area contributed by atoms with Crippen LogP contribution in [0.15, 0.2) is 0 Å². The van der Waals surface area contributed by atoms with E-state index in [9.17, 15) is 9.59 Å². The summed E-state index contributed by atoms with van der Waals surface area (Å²) in [6, 6.07) is 0. The average molecular weight is 243 g/mol. The highest BCUT2D eigenvalue weighted by atomic mass is 16.5. The Bertz CT molecular complexity index is 261. The van der Waals surface area contributed by atoms with E-state index < -0.39 is 11.9 Å². The van der Waals surface area contributed by atoms with Gasteiger partial charge in [-0.15, -0.1) is 0 Å². The summed E-state index contributed by atoms with van der Waals surface area (Å²) in [7, 11) is 0. The number of amides is 1. The third-order valence-electron chi connectivity index (χ3n) is 3.10. The molecular formula is C12H21NO4. The van der Waals surface area contributed by atoms with Crippen molar-refractivity contribution in [1.29, 1.82) is 0 Å². The van der Waals surface area contributed by atoms with Gasteiger partial charge < -0.3 is 15.2 Å². The SMILES string of the molecule is CCCC(CNC(=O)C1CCOCC1)C(=O)O. The molecule has 5 heteroatoms. The first-order chi connectivity index (χ1) is 8.15. The average Bonchev–Trinajstić information content (AvgIpc) is 2.34. The van der Waals surface area contributed by atoms with Crippen LogP contribution in [-0.2, 0) is 14.3 Å². The Balaban J connectivity index is 2.32. The van der Waals surface area contributed by atoms with Crippen LogP contribution in [0, 0.1) is 11.8 Å². The van der Waals surface area contributed by atoms with Gasteiger partial charge in [-0.25, -0.2) is 0 Å². The number of rotatable bonds is 6. The lowest BCUT2D eigenvalue weighted by atomic mass is 9.98. The van der Waals surface area contributed by atoms with Gasteiger partial charge in [-0.05, 0) is 19.3 Å². The number of hydrogen-bond donors (Lipinski definition) is 2. The first-order valence-electron chi connectivity index (χ1n) is 6.23. The molecular weight excluding hydrogens is 222 g/mol. The minimum Gasteiger partial charge on any atom is -0.481 e. The fourth-order valence-electron chi connectivity index (χ4n) is 1.99. The van der Waals surface area contributed by atoms with Crippen LogP contribution in [0.25, 0.3) is 0 Å². The topological polar surface area (TPSA) is 75.6 Å². The molecule has 5 nitrogen and oxygen atoms in total. The van der Waals surface area contributed by atoms with E-state index in [2.05, 4.69) is 5.32 Å². The molecule has 0 bridgehead atoms. The number of carbonyl (C=O) groups is 2. The number of nitrogens with one attached hydrogen (secondary N) is 1. The van der Waals surface area contributed by atoms with Crippen LogP contribution >= 0.6 is 0 Å². The number of aliphatic carboxylic acids is 1. The van der Waals surface area contributed by atoms with Gasteiger partial charge in [-0.1, -0.05) is 13.3 Å². The van der Waals surface area contributed by atoms with Gasteiger partial charge in [-0.2, -0.15) is 0 Å². The molecule has 1 saturated heterocycles. The van der Waals surface area contributed by atoms with Crippen molar-refractivity contribution in [1.82, 2.24) is 5.32 Å². The van der Waals surface area contributed by atoms with Crippen LogP contribution < -0.4 is 5.32 Å². The quantitative estimate of drug-likeness (QED) is 0.730. The van der Waals surface area contributed by atoms with Crippen molar-refractivity contribution in [3.05, 3.63) is 0 Å². The Morgan fingerprint density at radius 2 is 2.06 bits per heavy atom. The van der Waals surface area contributed by atoms with Crippen molar-refractivity contribution in [3.8, 4) is 0 Å². The fourth-order valence-corrected chi connectivity index (χ4v) is 1.99. The summed E-state index contributed by atoms with van der Waals surface area (Å²) in [6.45, 7) is 3.42. The zero-order chi connectivity index (χ0) is 12.7. The number of hydrogen-bond acceptors (Lipinski definition) is 3. The highest BCUT2D eigenvalue weighted by Gasteiger charge is 2.23. The van der Waals surface area contributed by atoms with E-state index in [1.54, 1.807) is 0 Å². The molecule has 1 heterocycles. The van der Waals surface area contributed by atoms with Crippen LogP contribution in [0.4, 0.5) is 0 Å². The van der Waals surface area contributed by atoms with Crippen molar-refractivity contribution >= 4 is 11.9 Å². The van der Waals surface area contributed by atoms with Gasteiger partial charge in [0.25, 0.3) is 0 Å². The third kappa shape index (κ3) is 4.73. The molecule has 1 aliphatic rings. The first-order valence-corrected chi connectivity index (χ1v) is 6.23. The molecule has 1 atom stereocenters. The Labute approximate surface area is 102 Å². The molecule has 0 radical (unpaired) electrons. The second-order valence-corrected chi connectivity index (χ2v) is 4.46. The Morgan fingerprint density at radius 1 is 1.41 bits per heavy atom. The summed E-state index contributed by atoms with van der Waals surface area (Å²) in [5.74, 6) is -1.35. The van der Waals surface area contributed by atoms with Gasteiger partial charge >= 0.3 is 5.97 Å². The molecule has 0 aromatic heterocycles. The second kappa shape index (κ2) is 7.27. The van der Waals surface area contributed by atoms with E-state index >= 15 is 0 Å². The molecule has 1 amide bonds. The largest absolute Gasteiger partial charge is 0.481 e. The maximum Gasteiger partial charge on any atom is 0.308 e. The summed E-state index contributed by atoms with van der Waals surface area (Å²) in [4.78, 5) is 22.7. The maximum atomic E-state index is 11.8. The molecule has 0 aliphatic carbocycles. The lowest BCUT2D eigenvalue weighted by Crippen LogP contribution is -2.38. The monoisotopic (exact) mass is 243 g/mol. The molecule has 98 valence electrons. The normalized spacial score (nSPS) is 18.6. The first kappa shape index (κ1) is 14.0. The Morgan fingerprint density at radius 3 is 2.59 bits per heavy atom. The number of carboxylic acids is 1. The van der Waals surface area contributed by atoms with Crippen LogP contribution in [0.2, 0.25) is 0 Å². The van der Waals surface area contributed by atoms with E-state index in [0.29, 0.717) is 19.6 Å². The van der Waals surface area contributed by atoms with Crippen molar-refractivity contribution < 1.29 is 19.4 Å². The summed E-state index contributed by atoms with van der Waals surface area (Å²) >= 11 is 0. The van der Waals surface area contributed by atoms with Gasteiger partial charge in [0.15, 0.2) is 0 Å². The van der Waals surface area contributed by atoms with Gasteiger partial charge in [-0.3, -0.25) is 9.59 Å². The third-order valence-corrected chi connectivity index (χ3v) is 3.10. The van der Waals surface area contributed by atoms with E-state index in [1.165, 1.54) is 0 Å². The van der Waals surface area contributed by atoms with Gasteiger partial charge in [0.1, 0.15) is 0 Å². The zero-order valence-electron chi connectivity index (χ0n) is 10.3. The van der Waals surface area contributed by atoms with Crippen molar-refractivity contribution in [2.75, 3.05) is 19.8 Å². The summed E-state index contributed by atoms with van der Waals surface area (Å²) in [5.41, 5.74) is 0. The van der Waals surface area contributed by atoms with Gasteiger partial charge in [0.05, 0.1) is 5.92 Å². The fraction of sp³-hybridized carbons (Fsp3) is 0.833. The molecule has 1 fully saturated rings. The summed E-state index contributed by atoms with van der Waals surface area (Å²) < 4.78 is 5.18. The van der Waals surface area contributed by atoms with Crippen LogP contribution in [0.3, 0.4) is 0 Å². The van der Waals surface area contributed by atoms with Gasteiger partial charge in [0.2, 0.25) is 5.91 Å². The Hall–Kier alpha value is -1.10. The second-order valence-electron chi connectivity index (χ2n) is 4.46. The van der Waals surface area contributed by atoms with Crippen molar-refractivity contribution in [3.63, 3.8) is 0 Å². The minimum atomic E-state index is -0.834. The molecule has 0 aromatic carbocycles. The van der Waals surface area contributed by atoms with Crippen LogP contribution in [0.1, 0.15) is 32.6 Å². The number of ether oxygens (including phenoxy) is 1. The molecule has 0 saturated carbocycles. The molecule has 0 spiro atoms. The van der Waals surface area contributed by atoms with E-state index in [-0.39, 0.29) is 18.4 Å². The summed E-state index contributed by atoms with van der Waals surface area (Å²) in [5, 5.41) is 11.7. The highest BCUT2D eigenvalue weighted by Crippen LogP contribution is 2.15. The van der Waals surface area contributed by atoms with E-state index in [0.717, 1.165) is 19.3 Å². The zero-order valence-corrected chi connectivity index (χ0v) is 10.3. The Kier molecular flexibility index (Phi) is 5.97. The van der Waals surface area contributed by atoms with E-state index in [4.69, 9.17) is 9.84 Å². The van der Waals surface area contributed by atoms with Crippen molar-refractivity contribution in [2.45, 2.75) is 32.6 Å². The van der Waals surface area contributed by atoms with Crippen molar-refractivity contribution in [2.24, 2.45) is 11.8 Å². The van der Waals surface area contributed by atoms with Gasteiger partial charge in [0, 0.05) is 25.7 Å². The highest BCUT2D eigenvalue weighted by molar-refractivity contribution is 5.79. The van der Waals surface area contributed by atoms with Crippen LogP contribution in [-0.4, -0.2) is 36.7 Å². The molecule has 2 N–H and O–H groups in total. The predicted octanol–water partition coefficient (Wildman–Crippen LogP) is 1.03. The minimum absolute atomic E-state index is 0.0141. The number of carbonyl (C=O) groups excluding carboxylic acids is 1. The molecule has 17 heavy (non-hydrogen) atoms.